The van der Waals surface area contributed by atoms with Crippen LogP contribution in [0.1, 0.15) is 38.5 Å². The van der Waals surface area contributed by atoms with Gasteiger partial charge in [0.1, 0.15) is 6.61 Å². The van der Waals surface area contributed by atoms with Gasteiger partial charge in [-0.05, 0) is 25.7 Å². The van der Waals surface area contributed by atoms with Crippen LogP contribution in [0.4, 0.5) is 0 Å². The Morgan fingerprint density at radius 3 is 2.30 bits per heavy atom. The van der Waals surface area contributed by atoms with Crippen LogP contribution in [0.25, 0.3) is 0 Å². The predicted octanol–water partition coefficient (Wildman–Crippen LogP) is 0.727. The van der Waals surface area contributed by atoms with Crippen LogP contribution < -0.4 is 0 Å². The Balaban J connectivity index is 1.69. The van der Waals surface area contributed by atoms with E-state index in [9.17, 15) is 14.4 Å². The molecule has 2 amide bonds. The quantitative estimate of drug-likeness (QED) is 0.777. The second-order valence-electron chi connectivity index (χ2n) is 6.46. The third-order valence-electron chi connectivity index (χ3n) is 4.74. The summed E-state index contributed by atoms with van der Waals surface area (Å²) in [5.74, 6) is -1.48. The highest BCUT2D eigenvalue weighted by Gasteiger charge is 2.28. The van der Waals surface area contributed by atoms with Gasteiger partial charge in [0.25, 0.3) is 0 Å². The number of carbonyl (C=O) groups excluding carboxylic acids is 2. The summed E-state index contributed by atoms with van der Waals surface area (Å²) in [7, 11) is 1.60. The summed E-state index contributed by atoms with van der Waals surface area (Å²) in [6.07, 6.45) is 5.45. The van der Waals surface area contributed by atoms with Crippen LogP contribution in [0.15, 0.2) is 0 Å². The summed E-state index contributed by atoms with van der Waals surface area (Å²) >= 11 is 0. The van der Waals surface area contributed by atoms with Gasteiger partial charge in [0, 0.05) is 20.1 Å². The molecule has 7 nitrogen and oxygen atoms in total. The zero-order valence-corrected chi connectivity index (χ0v) is 13.7. The average Bonchev–Trinajstić information content (AvgIpc) is 3.05. The number of ether oxygens (including phenoxy) is 1. The highest BCUT2D eigenvalue weighted by molar-refractivity contribution is 5.85. The van der Waals surface area contributed by atoms with Crippen molar-refractivity contribution in [3.63, 3.8) is 0 Å². The topological polar surface area (TPSA) is 87.2 Å². The van der Waals surface area contributed by atoms with Crippen molar-refractivity contribution in [2.45, 2.75) is 44.6 Å². The third kappa shape index (κ3) is 5.20. The molecule has 2 fully saturated rings. The van der Waals surface area contributed by atoms with Crippen molar-refractivity contribution in [1.82, 2.24) is 9.80 Å². The van der Waals surface area contributed by atoms with Crippen LogP contribution in [0, 0.1) is 5.92 Å². The minimum Gasteiger partial charge on any atom is -0.481 e. The molecule has 130 valence electrons. The van der Waals surface area contributed by atoms with Crippen LogP contribution in [-0.4, -0.2) is 72.1 Å². The van der Waals surface area contributed by atoms with E-state index in [0.717, 1.165) is 25.7 Å². The van der Waals surface area contributed by atoms with Gasteiger partial charge in [0.15, 0.2) is 0 Å². The molecule has 1 aliphatic carbocycles. The fourth-order valence-corrected chi connectivity index (χ4v) is 3.12. The lowest BCUT2D eigenvalue weighted by atomic mass is 9.97. The Kier molecular flexibility index (Phi) is 6.38. The van der Waals surface area contributed by atoms with Gasteiger partial charge in [-0.15, -0.1) is 0 Å². The summed E-state index contributed by atoms with van der Waals surface area (Å²) in [6.45, 7) is 0.924. The van der Waals surface area contributed by atoms with Crippen molar-refractivity contribution in [2.24, 2.45) is 5.92 Å². The Labute approximate surface area is 136 Å². The number of hydrogen-bond acceptors (Lipinski definition) is 4. The number of piperidine rings is 1. The molecule has 0 unspecified atom stereocenters. The van der Waals surface area contributed by atoms with Crippen molar-refractivity contribution in [1.29, 1.82) is 0 Å². The van der Waals surface area contributed by atoms with E-state index >= 15 is 0 Å². The zero-order chi connectivity index (χ0) is 16.8. The van der Waals surface area contributed by atoms with Crippen LogP contribution in [0.2, 0.25) is 0 Å². The van der Waals surface area contributed by atoms with Crippen molar-refractivity contribution < 1.29 is 24.2 Å². The van der Waals surface area contributed by atoms with Crippen molar-refractivity contribution in [2.75, 3.05) is 33.3 Å². The Bertz CT molecular complexity index is 440. The summed E-state index contributed by atoms with van der Waals surface area (Å²) in [6, 6.07) is 0. The molecule has 0 aromatic heterocycles. The maximum Gasteiger partial charge on any atom is 0.306 e. The molecule has 2 rings (SSSR count). The monoisotopic (exact) mass is 326 g/mol. The highest BCUT2D eigenvalue weighted by atomic mass is 16.5. The van der Waals surface area contributed by atoms with Gasteiger partial charge in [-0.25, -0.2) is 0 Å². The van der Waals surface area contributed by atoms with E-state index in [0.29, 0.717) is 25.9 Å². The molecule has 0 aromatic carbocycles. The van der Waals surface area contributed by atoms with Gasteiger partial charge in [0.2, 0.25) is 11.8 Å². The maximum absolute atomic E-state index is 12.2. The number of carbonyl (C=O) groups is 3. The van der Waals surface area contributed by atoms with Crippen molar-refractivity contribution in [3.05, 3.63) is 0 Å². The van der Waals surface area contributed by atoms with Gasteiger partial charge >= 0.3 is 5.97 Å². The molecular weight excluding hydrogens is 300 g/mol. The Morgan fingerprint density at radius 1 is 1.13 bits per heavy atom. The SMILES string of the molecule is CN(CC(=O)N1CCC(C(=O)O)CC1)C(=O)COC1CCCC1. The van der Waals surface area contributed by atoms with E-state index in [1.54, 1.807) is 11.9 Å². The molecule has 1 saturated carbocycles. The van der Waals surface area contributed by atoms with E-state index < -0.39 is 5.97 Å². The average molecular weight is 326 g/mol. The van der Waals surface area contributed by atoms with E-state index in [-0.39, 0.29) is 37.0 Å². The number of amides is 2. The third-order valence-corrected chi connectivity index (χ3v) is 4.74. The first-order chi connectivity index (χ1) is 11.0. The normalized spacial score (nSPS) is 19.8. The number of likely N-dealkylation sites (tertiary alicyclic amines) is 1. The van der Waals surface area contributed by atoms with E-state index in [1.165, 1.54) is 4.90 Å². The standard InChI is InChI=1S/C16H26N2O5/c1-17(15(20)11-23-13-4-2-3-5-13)10-14(19)18-8-6-12(7-9-18)16(21)22/h12-13H,2-11H2,1H3,(H,21,22). The Morgan fingerprint density at radius 2 is 1.74 bits per heavy atom. The Hall–Kier alpha value is -1.63. The minimum absolute atomic E-state index is 0.0185. The highest BCUT2D eigenvalue weighted by Crippen LogP contribution is 2.21. The first-order valence-electron chi connectivity index (χ1n) is 8.33. The second kappa shape index (κ2) is 8.29. The summed E-state index contributed by atoms with van der Waals surface area (Å²) in [5, 5.41) is 8.96. The molecule has 1 heterocycles. The molecule has 7 heteroatoms. The number of likely N-dealkylation sites (N-methyl/N-ethyl adjacent to an activating group) is 1. The number of nitrogens with zero attached hydrogens (tertiary/aromatic N) is 2. The molecule has 0 radical (unpaired) electrons. The number of rotatable bonds is 6. The maximum atomic E-state index is 12.2. The first-order valence-corrected chi connectivity index (χ1v) is 8.33. The lowest BCUT2D eigenvalue weighted by Crippen LogP contribution is -2.46. The van der Waals surface area contributed by atoms with Crippen molar-refractivity contribution in [3.8, 4) is 0 Å². The molecule has 2 aliphatic rings. The molecular formula is C16H26N2O5. The number of hydrogen-bond donors (Lipinski definition) is 1. The van der Waals surface area contributed by atoms with E-state index in [2.05, 4.69) is 0 Å². The van der Waals surface area contributed by atoms with Gasteiger partial charge in [-0.1, -0.05) is 12.8 Å². The largest absolute Gasteiger partial charge is 0.481 e. The minimum atomic E-state index is -0.798. The van der Waals surface area contributed by atoms with Crippen LogP contribution in [-0.2, 0) is 19.1 Å². The molecule has 23 heavy (non-hydrogen) atoms. The lowest BCUT2D eigenvalue weighted by Gasteiger charge is -2.31. The smallest absolute Gasteiger partial charge is 0.306 e. The first kappa shape index (κ1) is 17.7. The van der Waals surface area contributed by atoms with Gasteiger partial charge in [0.05, 0.1) is 18.6 Å². The van der Waals surface area contributed by atoms with Gasteiger partial charge in [-0.3, -0.25) is 14.4 Å². The summed E-state index contributed by atoms with van der Waals surface area (Å²) < 4.78 is 5.57. The molecule has 1 saturated heterocycles. The fraction of sp³-hybridized carbons (Fsp3) is 0.812. The van der Waals surface area contributed by atoms with Crippen LogP contribution in [0.5, 0.6) is 0 Å². The van der Waals surface area contributed by atoms with Crippen LogP contribution >= 0.6 is 0 Å². The number of carboxylic acids is 1. The summed E-state index contributed by atoms with van der Waals surface area (Å²) in [4.78, 5) is 38.1. The fourth-order valence-electron chi connectivity index (χ4n) is 3.12. The number of carboxylic acid groups (broad SMARTS) is 1. The predicted molar refractivity (Wildman–Crippen MR) is 82.8 cm³/mol. The molecule has 0 spiro atoms. The molecule has 0 atom stereocenters. The van der Waals surface area contributed by atoms with Gasteiger partial charge in [-0.2, -0.15) is 0 Å². The van der Waals surface area contributed by atoms with Crippen LogP contribution in [0.3, 0.4) is 0 Å². The number of aliphatic carboxylic acids is 1. The molecule has 0 bridgehead atoms. The van der Waals surface area contributed by atoms with Crippen molar-refractivity contribution >= 4 is 17.8 Å². The second-order valence-corrected chi connectivity index (χ2v) is 6.46. The van der Waals surface area contributed by atoms with Gasteiger partial charge < -0.3 is 19.6 Å². The molecule has 0 aromatic rings. The zero-order valence-electron chi connectivity index (χ0n) is 13.7. The van der Waals surface area contributed by atoms with E-state index in [1.807, 2.05) is 0 Å². The molecule has 1 aliphatic heterocycles. The van der Waals surface area contributed by atoms with E-state index in [4.69, 9.17) is 9.84 Å². The summed E-state index contributed by atoms with van der Waals surface area (Å²) in [5.41, 5.74) is 0. The lowest BCUT2D eigenvalue weighted by molar-refractivity contribution is -0.147. The molecule has 1 N–H and O–H groups in total.